The molecule has 0 saturated heterocycles. The van der Waals surface area contributed by atoms with Crippen molar-refractivity contribution in [2.75, 3.05) is 6.26 Å². The van der Waals surface area contributed by atoms with Crippen molar-refractivity contribution in [1.29, 1.82) is 0 Å². The summed E-state index contributed by atoms with van der Waals surface area (Å²) < 4.78 is 0. The molecular weight excluding hydrogens is 236 g/mol. The minimum atomic E-state index is -0.166. The zero-order valence-corrected chi connectivity index (χ0v) is 11.0. The van der Waals surface area contributed by atoms with Crippen molar-refractivity contribution < 1.29 is 4.79 Å². The van der Waals surface area contributed by atoms with Gasteiger partial charge in [-0.2, -0.15) is 11.8 Å². The Morgan fingerprint density at radius 3 is 2.88 bits per heavy atom. The standard InChI is InChI=1S/C11H18N4OS/c1-7-12-10(15-14-7)11(16)13-8-5-3-4-6-9(8)17-2/h8-9H,3-6H2,1-2H3,(H,13,16)(H,12,14,15). The summed E-state index contributed by atoms with van der Waals surface area (Å²) in [5.74, 6) is 0.744. The van der Waals surface area contributed by atoms with Crippen LogP contribution in [-0.4, -0.2) is 38.6 Å². The second-order valence-electron chi connectivity index (χ2n) is 4.38. The Bertz CT molecular complexity index is 393. The van der Waals surface area contributed by atoms with Crippen LogP contribution in [-0.2, 0) is 0 Å². The topological polar surface area (TPSA) is 70.7 Å². The Labute approximate surface area is 105 Å². The molecule has 1 amide bonds. The Kier molecular flexibility index (Phi) is 4.04. The molecule has 2 unspecified atom stereocenters. The molecule has 1 aromatic rings. The van der Waals surface area contributed by atoms with Crippen LogP contribution in [0.1, 0.15) is 42.1 Å². The maximum Gasteiger partial charge on any atom is 0.291 e. The minimum absolute atomic E-state index is 0.166. The van der Waals surface area contributed by atoms with Crippen molar-refractivity contribution in [3.8, 4) is 0 Å². The zero-order chi connectivity index (χ0) is 12.3. The van der Waals surface area contributed by atoms with Gasteiger partial charge in [0.25, 0.3) is 5.91 Å². The highest BCUT2D eigenvalue weighted by Crippen LogP contribution is 2.27. The summed E-state index contributed by atoms with van der Waals surface area (Å²) in [7, 11) is 0. The van der Waals surface area contributed by atoms with Crippen LogP contribution in [0, 0.1) is 6.92 Å². The number of aryl methyl sites for hydroxylation is 1. The molecule has 2 atom stereocenters. The van der Waals surface area contributed by atoms with E-state index in [-0.39, 0.29) is 17.8 Å². The first-order valence-corrected chi connectivity index (χ1v) is 7.22. The molecule has 1 aliphatic rings. The molecule has 1 aliphatic carbocycles. The largest absolute Gasteiger partial charge is 0.345 e. The summed E-state index contributed by atoms with van der Waals surface area (Å²) in [6.07, 6.45) is 6.79. The fraction of sp³-hybridized carbons (Fsp3) is 0.727. The van der Waals surface area contributed by atoms with Gasteiger partial charge in [0.15, 0.2) is 0 Å². The Balaban J connectivity index is 1.97. The highest BCUT2D eigenvalue weighted by molar-refractivity contribution is 7.99. The van der Waals surface area contributed by atoms with Crippen LogP contribution in [0.4, 0.5) is 0 Å². The lowest BCUT2D eigenvalue weighted by atomic mass is 9.95. The molecule has 6 heteroatoms. The lowest BCUT2D eigenvalue weighted by Gasteiger charge is -2.30. The van der Waals surface area contributed by atoms with E-state index < -0.39 is 0 Å². The average Bonchev–Trinajstić information content (AvgIpc) is 2.77. The van der Waals surface area contributed by atoms with Crippen LogP contribution in [0.2, 0.25) is 0 Å². The number of nitrogens with zero attached hydrogens (tertiary/aromatic N) is 2. The fourth-order valence-electron chi connectivity index (χ4n) is 2.22. The molecule has 1 saturated carbocycles. The smallest absolute Gasteiger partial charge is 0.291 e. The second kappa shape index (κ2) is 5.53. The van der Waals surface area contributed by atoms with Gasteiger partial charge >= 0.3 is 0 Å². The van der Waals surface area contributed by atoms with Crippen LogP contribution < -0.4 is 5.32 Å². The number of rotatable bonds is 3. The molecule has 1 aromatic heterocycles. The average molecular weight is 254 g/mol. The molecule has 2 N–H and O–H groups in total. The first kappa shape index (κ1) is 12.4. The summed E-state index contributed by atoms with van der Waals surface area (Å²) in [5.41, 5.74) is 0. The number of hydrogen-bond acceptors (Lipinski definition) is 4. The monoisotopic (exact) mass is 254 g/mol. The van der Waals surface area contributed by atoms with Gasteiger partial charge < -0.3 is 5.32 Å². The van der Waals surface area contributed by atoms with Gasteiger partial charge in [-0.15, -0.1) is 5.10 Å². The van der Waals surface area contributed by atoms with Gasteiger partial charge in [0.2, 0.25) is 5.82 Å². The molecule has 5 nitrogen and oxygen atoms in total. The third-order valence-corrected chi connectivity index (χ3v) is 4.29. The summed E-state index contributed by atoms with van der Waals surface area (Å²) in [6, 6.07) is 0.255. The number of amides is 1. The Morgan fingerprint density at radius 2 is 2.24 bits per heavy atom. The van der Waals surface area contributed by atoms with E-state index >= 15 is 0 Å². The molecular formula is C11H18N4OS. The molecule has 0 aliphatic heterocycles. The maximum absolute atomic E-state index is 11.9. The van der Waals surface area contributed by atoms with Crippen molar-refractivity contribution in [1.82, 2.24) is 20.5 Å². The number of carbonyl (C=O) groups excluding carboxylic acids is 1. The number of thioether (sulfide) groups is 1. The van der Waals surface area contributed by atoms with E-state index in [2.05, 4.69) is 26.8 Å². The highest BCUT2D eigenvalue weighted by Gasteiger charge is 2.26. The van der Waals surface area contributed by atoms with E-state index in [1.54, 1.807) is 6.92 Å². The van der Waals surface area contributed by atoms with Crippen LogP contribution in [0.5, 0.6) is 0 Å². The third-order valence-electron chi connectivity index (χ3n) is 3.12. The molecule has 0 radical (unpaired) electrons. The predicted octanol–water partition coefficient (Wildman–Crippen LogP) is 1.52. The highest BCUT2D eigenvalue weighted by atomic mass is 32.2. The molecule has 94 valence electrons. The van der Waals surface area contributed by atoms with Gasteiger partial charge in [-0.05, 0) is 26.0 Å². The zero-order valence-electron chi connectivity index (χ0n) is 10.2. The van der Waals surface area contributed by atoms with Crippen molar-refractivity contribution in [2.24, 2.45) is 0 Å². The SMILES string of the molecule is CSC1CCCCC1NC(=O)c1n[nH]c(C)n1. The van der Waals surface area contributed by atoms with Crippen molar-refractivity contribution in [2.45, 2.75) is 43.9 Å². The number of carbonyl (C=O) groups is 1. The van der Waals surface area contributed by atoms with Gasteiger partial charge in [0, 0.05) is 11.3 Å². The second-order valence-corrected chi connectivity index (χ2v) is 5.46. The molecule has 1 fully saturated rings. The van der Waals surface area contributed by atoms with E-state index in [9.17, 15) is 4.79 Å². The van der Waals surface area contributed by atoms with Gasteiger partial charge in [-0.3, -0.25) is 9.89 Å². The lowest BCUT2D eigenvalue weighted by molar-refractivity contribution is 0.0919. The summed E-state index contributed by atoms with van der Waals surface area (Å²) in [4.78, 5) is 16.0. The Hall–Kier alpha value is -1.04. The Morgan fingerprint density at radius 1 is 1.47 bits per heavy atom. The van der Waals surface area contributed by atoms with E-state index in [0.29, 0.717) is 11.1 Å². The van der Waals surface area contributed by atoms with E-state index in [1.165, 1.54) is 19.3 Å². The number of nitrogens with one attached hydrogen (secondary N) is 2. The van der Waals surface area contributed by atoms with Crippen LogP contribution in [0.25, 0.3) is 0 Å². The van der Waals surface area contributed by atoms with Gasteiger partial charge in [-0.25, -0.2) is 4.98 Å². The van der Waals surface area contributed by atoms with Gasteiger partial charge in [-0.1, -0.05) is 12.8 Å². The molecule has 0 bridgehead atoms. The van der Waals surface area contributed by atoms with Crippen LogP contribution >= 0.6 is 11.8 Å². The number of aromatic amines is 1. The first-order valence-electron chi connectivity index (χ1n) is 5.93. The molecule has 17 heavy (non-hydrogen) atoms. The quantitative estimate of drug-likeness (QED) is 0.858. The molecule has 2 rings (SSSR count). The minimum Gasteiger partial charge on any atom is -0.345 e. The fourth-order valence-corrected chi connectivity index (χ4v) is 3.16. The third kappa shape index (κ3) is 3.00. The molecule has 0 aromatic carbocycles. The van der Waals surface area contributed by atoms with Gasteiger partial charge in [0.1, 0.15) is 5.82 Å². The van der Waals surface area contributed by atoms with Crippen molar-refractivity contribution in [3.05, 3.63) is 11.6 Å². The van der Waals surface area contributed by atoms with Crippen molar-refractivity contribution in [3.63, 3.8) is 0 Å². The first-order chi connectivity index (χ1) is 8.20. The maximum atomic E-state index is 11.9. The summed E-state index contributed by atoms with van der Waals surface area (Å²) in [6.45, 7) is 1.79. The predicted molar refractivity (Wildman–Crippen MR) is 68.1 cm³/mol. The number of aromatic nitrogens is 3. The molecule has 1 heterocycles. The van der Waals surface area contributed by atoms with E-state index in [4.69, 9.17) is 0 Å². The van der Waals surface area contributed by atoms with E-state index in [0.717, 1.165) is 6.42 Å². The van der Waals surface area contributed by atoms with E-state index in [1.807, 2.05) is 11.8 Å². The summed E-state index contributed by atoms with van der Waals surface area (Å²) >= 11 is 1.83. The number of hydrogen-bond donors (Lipinski definition) is 2. The van der Waals surface area contributed by atoms with Crippen LogP contribution in [0.3, 0.4) is 0 Å². The van der Waals surface area contributed by atoms with Gasteiger partial charge in [0.05, 0.1) is 0 Å². The number of H-pyrrole nitrogens is 1. The lowest BCUT2D eigenvalue weighted by Crippen LogP contribution is -2.44. The normalized spacial score (nSPS) is 24.6. The van der Waals surface area contributed by atoms with Crippen LogP contribution in [0.15, 0.2) is 0 Å². The van der Waals surface area contributed by atoms with Crippen molar-refractivity contribution >= 4 is 17.7 Å². The molecule has 0 spiro atoms. The summed E-state index contributed by atoms with van der Waals surface area (Å²) in [5, 5.41) is 10.1.